The zero-order chi connectivity index (χ0) is 11.5. The predicted molar refractivity (Wildman–Crippen MR) is 61.2 cm³/mol. The molecule has 3 N–H and O–H groups in total. The number of hydrogen-bond donors (Lipinski definition) is 3. The van der Waals surface area contributed by atoms with Crippen LogP contribution in [0.4, 0.5) is 10.1 Å². The fourth-order valence-electron chi connectivity index (χ4n) is 0.782. The molecule has 1 rings (SSSR count). The Morgan fingerprint density at radius 2 is 2.27 bits per heavy atom. The largest absolute Gasteiger partial charge is 0.395 e. The predicted octanol–water partition coefficient (Wildman–Crippen LogP) is 0.572. The Balaban J connectivity index is 2.77. The molecule has 86 valence electrons. The second-order valence-electron chi connectivity index (χ2n) is 2.66. The van der Waals surface area contributed by atoms with Gasteiger partial charge in [-0.1, -0.05) is 22.9 Å². The molecule has 0 fully saturated rings. The molecule has 1 heterocycles. The summed E-state index contributed by atoms with van der Waals surface area (Å²) in [5.74, 6) is 0. The summed E-state index contributed by atoms with van der Waals surface area (Å²) in [4.78, 5) is 3.80. The maximum atomic E-state index is 10.9. The minimum Gasteiger partial charge on any atom is -0.395 e. The first kappa shape index (κ1) is 12.5. The standard InChI is InChI=1S/C6H10ClN3O3S2/c1-15(12,13)10-6-9-4(7)5(14-6)8-2-3-11/h8,11H,2-3H2,1H3,(H,9,10). The second kappa shape index (κ2) is 4.97. The van der Waals surface area contributed by atoms with Crippen molar-refractivity contribution in [1.29, 1.82) is 0 Å². The summed E-state index contributed by atoms with van der Waals surface area (Å²) in [5.41, 5.74) is 0. The highest BCUT2D eigenvalue weighted by Crippen LogP contribution is 2.32. The monoisotopic (exact) mass is 271 g/mol. The van der Waals surface area contributed by atoms with Crippen molar-refractivity contribution in [3.63, 3.8) is 0 Å². The fraction of sp³-hybridized carbons (Fsp3) is 0.500. The molecule has 6 nitrogen and oxygen atoms in total. The van der Waals surface area contributed by atoms with Crippen molar-refractivity contribution < 1.29 is 13.5 Å². The maximum Gasteiger partial charge on any atom is 0.231 e. The number of rotatable bonds is 5. The lowest BCUT2D eigenvalue weighted by molar-refractivity contribution is 0.311. The van der Waals surface area contributed by atoms with Gasteiger partial charge in [0.1, 0.15) is 5.00 Å². The third-order valence-electron chi connectivity index (χ3n) is 1.26. The number of aromatic nitrogens is 1. The first-order valence-corrected chi connectivity index (χ1v) is 7.00. The van der Waals surface area contributed by atoms with E-state index in [1.54, 1.807) is 0 Å². The molecule has 0 atom stereocenters. The van der Waals surface area contributed by atoms with Gasteiger partial charge in [-0.2, -0.15) is 0 Å². The van der Waals surface area contributed by atoms with Crippen molar-refractivity contribution in [2.24, 2.45) is 0 Å². The van der Waals surface area contributed by atoms with Gasteiger partial charge in [-0.15, -0.1) is 0 Å². The first-order valence-electron chi connectivity index (χ1n) is 3.91. The average molecular weight is 272 g/mol. The van der Waals surface area contributed by atoms with Crippen molar-refractivity contribution in [1.82, 2.24) is 4.98 Å². The summed E-state index contributed by atoms with van der Waals surface area (Å²) in [6, 6.07) is 0. The van der Waals surface area contributed by atoms with Gasteiger partial charge in [0.05, 0.1) is 12.9 Å². The van der Waals surface area contributed by atoms with Gasteiger partial charge >= 0.3 is 0 Å². The highest BCUT2D eigenvalue weighted by Gasteiger charge is 2.11. The van der Waals surface area contributed by atoms with Crippen LogP contribution < -0.4 is 10.0 Å². The number of hydrogen-bond acceptors (Lipinski definition) is 6. The van der Waals surface area contributed by atoms with Crippen molar-refractivity contribution in [2.75, 3.05) is 29.4 Å². The Morgan fingerprint density at radius 3 is 2.80 bits per heavy atom. The Labute approximate surface area is 96.3 Å². The van der Waals surface area contributed by atoms with Crippen LogP contribution in [0.2, 0.25) is 5.15 Å². The molecule has 0 amide bonds. The van der Waals surface area contributed by atoms with Crippen molar-refractivity contribution >= 4 is 43.1 Å². The molecule has 0 radical (unpaired) electrons. The van der Waals surface area contributed by atoms with Crippen LogP contribution in [0.15, 0.2) is 0 Å². The van der Waals surface area contributed by atoms with Crippen LogP contribution in [0.1, 0.15) is 0 Å². The lowest BCUT2D eigenvalue weighted by atomic mass is 10.7. The summed E-state index contributed by atoms with van der Waals surface area (Å²) in [6.45, 7) is 0.295. The quantitative estimate of drug-likeness (QED) is 0.728. The van der Waals surface area contributed by atoms with Gasteiger partial charge in [-0.3, -0.25) is 4.72 Å². The van der Waals surface area contributed by atoms with Crippen LogP contribution in [0.25, 0.3) is 0 Å². The Morgan fingerprint density at radius 1 is 1.60 bits per heavy atom. The van der Waals surface area contributed by atoms with Gasteiger partial charge in [0.15, 0.2) is 10.3 Å². The third kappa shape index (κ3) is 4.20. The molecular formula is C6H10ClN3O3S2. The molecule has 0 bridgehead atoms. The summed E-state index contributed by atoms with van der Waals surface area (Å²) >= 11 is 6.80. The summed E-state index contributed by atoms with van der Waals surface area (Å²) < 4.78 is 24.0. The van der Waals surface area contributed by atoms with E-state index >= 15 is 0 Å². The van der Waals surface area contributed by atoms with E-state index in [4.69, 9.17) is 16.7 Å². The third-order valence-corrected chi connectivity index (χ3v) is 3.26. The van der Waals surface area contributed by atoms with Gasteiger partial charge < -0.3 is 10.4 Å². The number of nitrogens with zero attached hydrogens (tertiary/aromatic N) is 1. The highest BCUT2D eigenvalue weighted by molar-refractivity contribution is 7.92. The topological polar surface area (TPSA) is 91.3 Å². The molecule has 9 heteroatoms. The molecule has 15 heavy (non-hydrogen) atoms. The molecular weight excluding hydrogens is 262 g/mol. The summed E-state index contributed by atoms with van der Waals surface area (Å²) in [7, 11) is -3.34. The zero-order valence-electron chi connectivity index (χ0n) is 7.82. The van der Waals surface area contributed by atoms with E-state index in [0.717, 1.165) is 17.6 Å². The molecule has 0 saturated carbocycles. The normalized spacial score (nSPS) is 11.4. The maximum absolute atomic E-state index is 10.9. The van der Waals surface area contributed by atoms with E-state index < -0.39 is 10.0 Å². The van der Waals surface area contributed by atoms with Crippen LogP contribution in [0.5, 0.6) is 0 Å². The van der Waals surface area contributed by atoms with Crippen LogP contribution in [-0.2, 0) is 10.0 Å². The number of thiazole rings is 1. The van der Waals surface area contributed by atoms with Crippen LogP contribution in [0, 0.1) is 0 Å². The number of aliphatic hydroxyl groups is 1. The zero-order valence-corrected chi connectivity index (χ0v) is 10.2. The number of nitrogens with one attached hydrogen (secondary N) is 2. The van der Waals surface area contributed by atoms with Gasteiger partial charge in [0.25, 0.3) is 0 Å². The minimum absolute atomic E-state index is 0.0386. The Bertz CT molecular complexity index is 431. The molecule has 0 aliphatic rings. The molecule has 0 aliphatic heterocycles. The lowest BCUT2D eigenvalue weighted by Crippen LogP contribution is -2.08. The molecule has 0 unspecified atom stereocenters. The fourth-order valence-corrected chi connectivity index (χ4v) is 2.72. The van der Waals surface area contributed by atoms with Crippen molar-refractivity contribution in [2.45, 2.75) is 0 Å². The Kier molecular flexibility index (Phi) is 4.14. The molecule has 1 aromatic rings. The summed E-state index contributed by atoms with van der Waals surface area (Å²) in [6.07, 6.45) is 1.03. The summed E-state index contributed by atoms with van der Waals surface area (Å²) in [5, 5.41) is 12.3. The second-order valence-corrected chi connectivity index (χ2v) is 5.77. The van der Waals surface area contributed by atoms with E-state index in [1.807, 2.05) is 0 Å². The van der Waals surface area contributed by atoms with Crippen molar-refractivity contribution in [3.05, 3.63) is 5.15 Å². The number of sulfonamides is 1. The molecule has 0 saturated heterocycles. The van der Waals surface area contributed by atoms with E-state index in [-0.39, 0.29) is 16.9 Å². The van der Waals surface area contributed by atoms with Crippen LogP contribution >= 0.6 is 22.9 Å². The van der Waals surface area contributed by atoms with E-state index in [9.17, 15) is 8.42 Å². The minimum atomic E-state index is -3.34. The highest BCUT2D eigenvalue weighted by atomic mass is 35.5. The molecule has 0 spiro atoms. The number of anilines is 2. The number of aliphatic hydroxyl groups excluding tert-OH is 1. The van der Waals surface area contributed by atoms with Crippen molar-refractivity contribution in [3.8, 4) is 0 Å². The van der Waals surface area contributed by atoms with Crippen LogP contribution in [0.3, 0.4) is 0 Å². The van der Waals surface area contributed by atoms with Gasteiger partial charge in [-0.25, -0.2) is 13.4 Å². The van der Waals surface area contributed by atoms with Gasteiger partial charge in [-0.05, 0) is 0 Å². The van der Waals surface area contributed by atoms with Gasteiger partial charge in [0, 0.05) is 6.54 Å². The van der Waals surface area contributed by atoms with E-state index in [0.29, 0.717) is 11.5 Å². The van der Waals surface area contributed by atoms with E-state index in [2.05, 4.69) is 15.0 Å². The number of halogens is 1. The van der Waals surface area contributed by atoms with Gasteiger partial charge in [0.2, 0.25) is 10.0 Å². The first-order chi connectivity index (χ1) is 6.92. The Hall–Kier alpha value is -0.570. The lowest BCUT2D eigenvalue weighted by Gasteiger charge is -1.98. The van der Waals surface area contributed by atoms with Crippen LogP contribution in [-0.4, -0.2) is 37.9 Å². The van der Waals surface area contributed by atoms with E-state index in [1.165, 1.54) is 0 Å². The average Bonchev–Trinajstić information content (AvgIpc) is 2.39. The molecule has 1 aromatic heterocycles. The molecule has 0 aliphatic carbocycles. The SMILES string of the molecule is CS(=O)(=O)Nc1nc(Cl)c(NCCO)s1. The molecule has 0 aromatic carbocycles. The smallest absolute Gasteiger partial charge is 0.231 e.